The molecule has 0 bridgehead atoms. The molecule has 0 saturated heterocycles. The predicted molar refractivity (Wildman–Crippen MR) is 122 cm³/mol. The van der Waals surface area contributed by atoms with Crippen molar-refractivity contribution in [3.05, 3.63) is 64.7 Å². The Labute approximate surface area is 203 Å². The summed E-state index contributed by atoms with van der Waals surface area (Å²) in [6, 6.07) is 4.50. The van der Waals surface area contributed by atoms with Gasteiger partial charge in [-0.05, 0) is 30.2 Å². The molecule has 0 spiro atoms. The summed E-state index contributed by atoms with van der Waals surface area (Å²) >= 11 is 0. The SMILES string of the molecule is CN(C)c1nc2c(c(NCc3ccc(C(F)(F)F)nc3)n1)CCN(c1ncccc1C(F)(F)F)CC2. The Bertz CT molecular complexity index is 1210. The van der Waals surface area contributed by atoms with Gasteiger partial charge in [0.2, 0.25) is 5.95 Å². The van der Waals surface area contributed by atoms with Crippen molar-refractivity contribution in [3.8, 4) is 0 Å². The van der Waals surface area contributed by atoms with E-state index < -0.39 is 23.6 Å². The van der Waals surface area contributed by atoms with Gasteiger partial charge in [0, 0.05) is 58.1 Å². The van der Waals surface area contributed by atoms with Gasteiger partial charge in [-0.25, -0.2) is 9.97 Å². The van der Waals surface area contributed by atoms with Gasteiger partial charge in [-0.15, -0.1) is 0 Å². The number of nitrogens with zero attached hydrogens (tertiary/aromatic N) is 6. The van der Waals surface area contributed by atoms with Crippen LogP contribution >= 0.6 is 0 Å². The fourth-order valence-electron chi connectivity index (χ4n) is 3.90. The van der Waals surface area contributed by atoms with Crippen molar-refractivity contribution in [2.75, 3.05) is 42.3 Å². The van der Waals surface area contributed by atoms with E-state index in [9.17, 15) is 26.3 Å². The lowest BCUT2D eigenvalue weighted by Gasteiger charge is -2.24. The molecular formula is C23H23F6N7. The third-order valence-electron chi connectivity index (χ3n) is 5.70. The minimum atomic E-state index is -4.54. The summed E-state index contributed by atoms with van der Waals surface area (Å²) in [7, 11) is 3.52. The molecule has 0 fully saturated rings. The van der Waals surface area contributed by atoms with E-state index in [0.29, 0.717) is 35.9 Å². The predicted octanol–water partition coefficient (Wildman–Crippen LogP) is 4.59. The van der Waals surface area contributed by atoms with E-state index in [4.69, 9.17) is 0 Å². The summed E-state index contributed by atoms with van der Waals surface area (Å²) in [5.74, 6) is 0.746. The van der Waals surface area contributed by atoms with Crippen molar-refractivity contribution in [3.63, 3.8) is 0 Å². The molecule has 4 heterocycles. The number of nitrogens with one attached hydrogen (secondary N) is 1. The molecule has 0 atom stereocenters. The van der Waals surface area contributed by atoms with Crippen molar-refractivity contribution < 1.29 is 26.3 Å². The zero-order valence-electron chi connectivity index (χ0n) is 19.5. The van der Waals surface area contributed by atoms with Crippen LogP contribution in [0.4, 0.5) is 43.9 Å². The maximum absolute atomic E-state index is 13.6. The lowest BCUT2D eigenvalue weighted by atomic mass is 10.1. The van der Waals surface area contributed by atoms with Gasteiger partial charge in [-0.1, -0.05) is 6.07 Å². The third-order valence-corrected chi connectivity index (χ3v) is 5.70. The first-order chi connectivity index (χ1) is 16.9. The summed E-state index contributed by atoms with van der Waals surface area (Å²) in [5.41, 5.74) is 0.163. The molecule has 4 rings (SSSR count). The zero-order chi connectivity index (χ0) is 26.1. The highest BCUT2D eigenvalue weighted by Gasteiger charge is 2.36. The molecule has 36 heavy (non-hydrogen) atoms. The van der Waals surface area contributed by atoms with Gasteiger partial charge in [0.25, 0.3) is 0 Å². The molecule has 0 amide bonds. The molecule has 13 heteroatoms. The van der Waals surface area contributed by atoms with E-state index in [1.165, 1.54) is 18.3 Å². The second-order valence-corrected chi connectivity index (χ2v) is 8.45. The first-order valence-electron chi connectivity index (χ1n) is 11.0. The van der Waals surface area contributed by atoms with Gasteiger partial charge < -0.3 is 15.1 Å². The third kappa shape index (κ3) is 5.60. The Morgan fingerprint density at radius 2 is 1.69 bits per heavy atom. The second kappa shape index (κ2) is 9.78. The molecular weight excluding hydrogens is 488 g/mol. The van der Waals surface area contributed by atoms with Gasteiger partial charge >= 0.3 is 12.4 Å². The highest BCUT2D eigenvalue weighted by molar-refractivity contribution is 5.55. The molecule has 1 aliphatic heterocycles. The van der Waals surface area contributed by atoms with Crippen LogP contribution in [-0.2, 0) is 31.7 Å². The summed E-state index contributed by atoms with van der Waals surface area (Å²) in [6.07, 6.45) is -5.87. The van der Waals surface area contributed by atoms with Crippen molar-refractivity contribution in [1.29, 1.82) is 0 Å². The van der Waals surface area contributed by atoms with E-state index >= 15 is 0 Å². The van der Waals surface area contributed by atoms with Gasteiger partial charge in [-0.3, -0.25) is 4.98 Å². The van der Waals surface area contributed by atoms with Crippen molar-refractivity contribution in [2.24, 2.45) is 0 Å². The van der Waals surface area contributed by atoms with Crippen LogP contribution < -0.4 is 15.1 Å². The Morgan fingerprint density at radius 1 is 0.944 bits per heavy atom. The standard InChI is InChI=1S/C23H23F6N7/c1-35(2)21-33-17-8-11-36(20-16(22(24,25)26)4-3-9-30-20)10-7-15(17)19(34-21)32-13-14-5-6-18(31-12-14)23(27,28)29/h3-6,9,12H,7-8,10-11,13H2,1-2H3,(H,32,33,34). The molecule has 0 aromatic carbocycles. The van der Waals surface area contributed by atoms with E-state index in [-0.39, 0.29) is 25.5 Å². The minimum Gasteiger partial charge on any atom is -0.366 e. The topological polar surface area (TPSA) is 70.1 Å². The first kappa shape index (κ1) is 25.5. The van der Waals surface area contributed by atoms with Gasteiger partial charge in [0.15, 0.2) is 0 Å². The van der Waals surface area contributed by atoms with Crippen LogP contribution in [0.1, 0.15) is 28.1 Å². The first-order valence-corrected chi connectivity index (χ1v) is 11.0. The van der Waals surface area contributed by atoms with Crippen LogP contribution in [0.2, 0.25) is 0 Å². The van der Waals surface area contributed by atoms with Gasteiger partial charge in [-0.2, -0.15) is 31.3 Å². The number of pyridine rings is 2. The van der Waals surface area contributed by atoms with Crippen LogP contribution in [0.25, 0.3) is 0 Å². The smallest absolute Gasteiger partial charge is 0.366 e. The molecule has 1 N–H and O–H groups in total. The Morgan fingerprint density at radius 3 is 2.33 bits per heavy atom. The van der Waals surface area contributed by atoms with Crippen LogP contribution in [0.5, 0.6) is 0 Å². The van der Waals surface area contributed by atoms with Crippen LogP contribution in [0.3, 0.4) is 0 Å². The Kier molecular flexibility index (Phi) is 6.92. The molecule has 0 unspecified atom stereocenters. The molecule has 7 nitrogen and oxygen atoms in total. The zero-order valence-corrected chi connectivity index (χ0v) is 19.5. The minimum absolute atomic E-state index is 0.135. The number of hydrogen-bond acceptors (Lipinski definition) is 7. The lowest BCUT2D eigenvalue weighted by molar-refractivity contribution is -0.141. The number of alkyl halides is 6. The molecule has 192 valence electrons. The van der Waals surface area contributed by atoms with Crippen LogP contribution in [0.15, 0.2) is 36.7 Å². The van der Waals surface area contributed by atoms with E-state index in [1.54, 1.807) is 23.9 Å². The monoisotopic (exact) mass is 511 g/mol. The molecule has 1 aliphatic rings. The quantitative estimate of drug-likeness (QED) is 0.503. The van der Waals surface area contributed by atoms with Crippen LogP contribution in [-0.4, -0.2) is 47.1 Å². The number of hydrogen-bond donors (Lipinski definition) is 1. The summed E-state index contributed by atoms with van der Waals surface area (Å²) in [5, 5.41) is 3.15. The second-order valence-electron chi connectivity index (χ2n) is 8.45. The Hall–Kier alpha value is -3.64. The average Bonchev–Trinajstić information content (AvgIpc) is 3.04. The molecule has 3 aromatic rings. The molecule has 3 aromatic heterocycles. The number of fused-ring (bicyclic) bond motifs is 1. The fraction of sp³-hybridized carbons (Fsp3) is 0.391. The lowest BCUT2D eigenvalue weighted by Crippen LogP contribution is -2.29. The highest BCUT2D eigenvalue weighted by atomic mass is 19.4. The van der Waals surface area contributed by atoms with Crippen molar-refractivity contribution >= 4 is 17.6 Å². The maximum Gasteiger partial charge on any atom is 0.433 e. The summed E-state index contributed by atoms with van der Waals surface area (Å²) < 4.78 is 79.0. The summed E-state index contributed by atoms with van der Waals surface area (Å²) in [4.78, 5) is 19.9. The van der Waals surface area contributed by atoms with Crippen LogP contribution in [0, 0.1) is 0 Å². The van der Waals surface area contributed by atoms with E-state index in [1.807, 2.05) is 0 Å². The van der Waals surface area contributed by atoms with Crippen molar-refractivity contribution in [1.82, 2.24) is 19.9 Å². The van der Waals surface area contributed by atoms with Gasteiger partial charge in [0.1, 0.15) is 17.3 Å². The van der Waals surface area contributed by atoms with Gasteiger partial charge in [0.05, 0.1) is 11.3 Å². The number of halogens is 6. The molecule has 0 aliphatic carbocycles. The molecule has 0 radical (unpaired) electrons. The van der Waals surface area contributed by atoms with E-state index in [2.05, 4.69) is 25.3 Å². The van der Waals surface area contributed by atoms with E-state index in [0.717, 1.165) is 23.9 Å². The number of anilines is 3. The van der Waals surface area contributed by atoms with Crippen molar-refractivity contribution in [2.45, 2.75) is 31.7 Å². The largest absolute Gasteiger partial charge is 0.433 e. The fourth-order valence-corrected chi connectivity index (χ4v) is 3.90. The number of rotatable bonds is 5. The number of aromatic nitrogens is 4. The molecule has 0 saturated carbocycles. The average molecular weight is 511 g/mol. The maximum atomic E-state index is 13.6. The summed E-state index contributed by atoms with van der Waals surface area (Å²) in [6.45, 7) is 0.692. The highest BCUT2D eigenvalue weighted by Crippen LogP contribution is 2.36. The Balaban J connectivity index is 1.59. The normalized spacial score (nSPS) is 14.3.